The van der Waals surface area contributed by atoms with Crippen molar-refractivity contribution in [2.45, 2.75) is 13.5 Å². The summed E-state index contributed by atoms with van der Waals surface area (Å²) >= 11 is 0. The number of halogens is 2. The van der Waals surface area contributed by atoms with Gasteiger partial charge in [-0.15, -0.1) is 0 Å². The van der Waals surface area contributed by atoms with Crippen molar-refractivity contribution in [3.8, 4) is 5.88 Å². The molecule has 0 spiro atoms. The molecule has 0 unspecified atom stereocenters. The average molecular weight is 162 g/mol. The first-order valence-electron chi connectivity index (χ1n) is 3.20. The van der Waals surface area contributed by atoms with Crippen molar-refractivity contribution < 1.29 is 13.5 Å². The van der Waals surface area contributed by atoms with Crippen LogP contribution >= 0.6 is 0 Å². The van der Waals surface area contributed by atoms with Gasteiger partial charge in [-0.2, -0.15) is 18.6 Å². The lowest BCUT2D eigenvalue weighted by atomic mass is 10.7. The van der Waals surface area contributed by atoms with E-state index in [1.165, 1.54) is 12.3 Å². The second-order valence-electron chi connectivity index (χ2n) is 1.82. The Bertz CT molecular complexity index is 224. The zero-order valence-corrected chi connectivity index (χ0v) is 6.00. The molecule has 11 heavy (non-hydrogen) atoms. The maximum atomic E-state index is 12.0. The van der Waals surface area contributed by atoms with E-state index in [4.69, 9.17) is 4.74 Å². The molecule has 0 bridgehead atoms. The van der Waals surface area contributed by atoms with E-state index < -0.39 is 6.55 Å². The lowest BCUT2D eigenvalue weighted by Crippen LogP contribution is -2.04. The molecule has 0 saturated carbocycles. The normalized spacial score (nSPS) is 10.5. The van der Waals surface area contributed by atoms with E-state index in [0.29, 0.717) is 11.3 Å². The summed E-state index contributed by atoms with van der Waals surface area (Å²) in [5.74, 6) is 0.0995. The van der Waals surface area contributed by atoms with Crippen LogP contribution in [0.1, 0.15) is 13.5 Å². The number of nitrogens with zero attached hydrogens (tertiary/aromatic N) is 2. The molecule has 1 aromatic heterocycles. The third-order valence-electron chi connectivity index (χ3n) is 1.11. The van der Waals surface area contributed by atoms with Crippen molar-refractivity contribution in [3.63, 3.8) is 0 Å². The Balaban J connectivity index is 2.78. The Morgan fingerprint density at radius 3 is 3.00 bits per heavy atom. The first-order chi connectivity index (χ1) is 5.25. The van der Waals surface area contributed by atoms with Crippen LogP contribution in [0.4, 0.5) is 8.78 Å². The molecule has 3 nitrogen and oxygen atoms in total. The van der Waals surface area contributed by atoms with Gasteiger partial charge >= 0.3 is 6.55 Å². The van der Waals surface area contributed by atoms with E-state index in [0.717, 1.165) is 0 Å². The molecule has 0 amide bonds. The van der Waals surface area contributed by atoms with Crippen molar-refractivity contribution in [2.24, 2.45) is 0 Å². The van der Waals surface area contributed by atoms with Gasteiger partial charge in [-0.05, 0) is 6.92 Å². The molecule has 1 rings (SSSR count). The number of hydrogen-bond acceptors (Lipinski definition) is 2. The number of alkyl halides is 2. The second kappa shape index (κ2) is 3.32. The molecule has 5 heteroatoms. The molecule has 1 heterocycles. The molecule has 0 aliphatic rings. The summed E-state index contributed by atoms with van der Waals surface area (Å²) in [6.07, 6.45) is 1.27. The van der Waals surface area contributed by atoms with Gasteiger partial charge in [0.2, 0.25) is 5.88 Å². The van der Waals surface area contributed by atoms with Gasteiger partial charge in [0, 0.05) is 6.07 Å². The van der Waals surface area contributed by atoms with Gasteiger partial charge < -0.3 is 4.74 Å². The van der Waals surface area contributed by atoms with Crippen molar-refractivity contribution in [2.75, 3.05) is 6.61 Å². The van der Waals surface area contributed by atoms with E-state index in [-0.39, 0.29) is 5.88 Å². The van der Waals surface area contributed by atoms with Gasteiger partial charge in [0.25, 0.3) is 0 Å². The quantitative estimate of drug-likeness (QED) is 0.676. The highest BCUT2D eigenvalue weighted by molar-refractivity contribution is 5.07. The molecule has 0 atom stereocenters. The molecule has 62 valence electrons. The van der Waals surface area contributed by atoms with Crippen LogP contribution in [-0.4, -0.2) is 16.4 Å². The summed E-state index contributed by atoms with van der Waals surface area (Å²) in [4.78, 5) is 0. The van der Waals surface area contributed by atoms with Crippen LogP contribution in [0.3, 0.4) is 0 Å². The fourth-order valence-corrected chi connectivity index (χ4v) is 0.711. The Hall–Kier alpha value is -1.13. The number of aromatic nitrogens is 2. The molecule has 0 fully saturated rings. The predicted octanol–water partition coefficient (Wildman–Crippen LogP) is 1.68. The lowest BCUT2D eigenvalue weighted by Gasteiger charge is -2.04. The van der Waals surface area contributed by atoms with Gasteiger partial charge in [-0.3, -0.25) is 0 Å². The Morgan fingerprint density at radius 1 is 1.73 bits per heavy atom. The first-order valence-corrected chi connectivity index (χ1v) is 3.20. The van der Waals surface area contributed by atoms with E-state index >= 15 is 0 Å². The summed E-state index contributed by atoms with van der Waals surface area (Å²) < 4.78 is 29.4. The van der Waals surface area contributed by atoms with Gasteiger partial charge in [-0.1, -0.05) is 0 Å². The van der Waals surface area contributed by atoms with Gasteiger partial charge in [-0.25, -0.2) is 0 Å². The second-order valence-corrected chi connectivity index (χ2v) is 1.82. The van der Waals surface area contributed by atoms with Crippen LogP contribution in [0, 0.1) is 0 Å². The molecular weight excluding hydrogens is 154 g/mol. The zero-order chi connectivity index (χ0) is 8.27. The van der Waals surface area contributed by atoms with Crippen molar-refractivity contribution in [1.82, 2.24) is 9.78 Å². The van der Waals surface area contributed by atoms with E-state index in [9.17, 15) is 8.78 Å². The topological polar surface area (TPSA) is 27.1 Å². The van der Waals surface area contributed by atoms with E-state index in [1.807, 2.05) is 0 Å². The largest absolute Gasteiger partial charge is 0.478 e. The van der Waals surface area contributed by atoms with Crippen molar-refractivity contribution in [3.05, 3.63) is 12.3 Å². The zero-order valence-electron chi connectivity index (χ0n) is 6.00. The highest BCUT2D eigenvalue weighted by atomic mass is 19.3. The smallest absolute Gasteiger partial charge is 0.336 e. The van der Waals surface area contributed by atoms with Crippen molar-refractivity contribution in [1.29, 1.82) is 0 Å². The van der Waals surface area contributed by atoms with Crippen molar-refractivity contribution >= 4 is 0 Å². The summed E-state index contributed by atoms with van der Waals surface area (Å²) in [6, 6.07) is 1.40. The summed E-state index contributed by atoms with van der Waals surface area (Å²) in [7, 11) is 0. The molecule has 0 saturated heterocycles. The molecule has 0 aliphatic heterocycles. The van der Waals surface area contributed by atoms with E-state index in [2.05, 4.69) is 5.10 Å². The summed E-state index contributed by atoms with van der Waals surface area (Å²) in [5, 5.41) is 3.38. The minimum atomic E-state index is -2.63. The maximum absolute atomic E-state index is 12.0. The van der Waals surface area contributed by atoms with Crippen LogP contribution in [0.5, 0.6) is 5.88 Å². The van der Waals surface area contributed by atoms with E-state index in [1.54, 1.807) is 6.92 Å². The van der Waals surface area contributed by atoms with Crippen LogP contribution in [0.25, 0.3) is 0 Å². The monoisotopic (exact) mass is 162 g/mol. The Labute approximate surface area is 62.6 Å². The number of rotatable bonds is 3. The SMILES string of the molecule is CCOc1ccnn1C(F)F. The van der Waals surface area contributed by atoms with Crippen LogP contribution < -0.4 is 4.74 Å². The highest BCUT2D eigenvalue weighted by Crippen LogP contribution is 2.17. The standard InChI is InChI=1S/C6H8F2N2O/c1-2-11-5-3-4-9-10(5)6(7)8/h3-4,6H,2H2,1H3. The Morgan fingerprint density at radius 2 is 2.45 bits per heavy atom. The first kappa shape index (κ1) is 7.97. The Kier molecular flexibility index (Phi) is 2.40. The van der Waals surface area contributed by atoms with Gasteiger partial charge in [0.1, 0.15) is 0 Å². The van der Waals surface area contributed by atoms with Crippen LogP contribution in [0.2, 0.25) is 0 Å². The molecular formula is C6H8F2N2O. The minimum Gasteiger partial charge on any atom is -0.478 e. The van der Waals surface area contributed by atoms with Gasteiger partial charge in [0.05, 0.1) is 12.8 Å². The summed E-state index contributed by atoms with van der Waals surface area (Å²) in [6.45, 7) is -0.548. The average Bonchev–Trinajstić information content (AvgIpc) is 2.36. The number of hydrogen-bond donors (Lipinski definition) is 0. The predicted molar refractivity (Wildman–Crippen MR) is 34.6 cm³/mol. The van der Waals surface area contributed by atoms with Gasteiger partial charge in [0.15, 0.2) is 0 Å². The maximum Gasteiger partial charge on any atom is 0.336 e. The van der Waals surface area contributed by atoms with Crippen LogP contribution in [-0.2, 0) is 0 Å². The third-order valence-corrected chi connectivity index (χ3v) is 1.11. The highest BCUT2D eigenvalue weighted by Gasteiger charge is 2.11. The fraction of sp³-hybridized carbons (Fsp3) is 0.500. The molecule has 0 aliphatic carbocycles. The number of ether oxygens (including phenoxy) is 1. The summed E-state index contributed by atoms with van der Waals surface area (Å²) in [5.41, 5.74) is 0. The fourth-order valence-electron chi connectivity index (χ4n) is 0.711. The molecule has 0 radical (unpaired) electrons. The molecule has 0 N–H and O–H groups in total. The molecule has 1 aromatic rings. The van der Waals surface area contributed by atoms with Crippen LogP contribution in [0.15, 0.2) is 12.3 Å². The third kappa shape index (κ3) is 1.66. The lowest BCUT2D eigenvalue weighted by molar-refractivity contribution is 0.0460. The molecule has 0 aromatic carbocycles. The minimum absolute atomic E-state index is 0.0995.